The van der Waals surface area contributed by atoms with Crippen molar-refractivity contribution >= 4 is 12.2 Å². The van der Waals surface area contributed by atoms with Gasteiger partial charge in [0, 0.05) is 0 Å². The first kappa shape index (κ1) is 18.3. The molecule has 0 amide bonds. The van der Waals surface area contributed by atoms with Crippen LogP contribution in [0.4, 0.5) is 0 Å². The number of ether oxygens (including phenoxy) is 1. The molecule has 0 saturated carbocycles. The van der Waals surface area contributed by atoms with Crippen LogP contribution in [0.5, 0.6) is 5.75 Å². The molecule has 0 aliphatic rings. The van der Waals surface area contributed by atoms with Crippen LogP contribution >= 0.6 is 0 Å². The van der Waals surface area contributed by atoms with E-state index in [9.17, 15) is 0 Å². The number of unbranched alkanes of at least 4 members (excludes halogenated alkanes) is 3. The maximum Gasteiger partial charge on any atom is 0.119 e. The molecule has 0 N–H and O–H groups in total. The van der Waals surface area contributed by atoms with Gasteiger partial charge in [0.25, 0.3) is 0 Å². The minimum absolute atomic E-state index is 0.816. The Morgan fingerprint density at radius 3 is 2.12 bits per heavy atom. The van der Waals surface area contributed by atoms with Crippen molar-refractivity contribution in [3.05, 3.63) is 64.2 Å². The lowest BCUT2D eigenvalue weighted by molar-refractivity contribution is 0.305. The molecular weight excluding hydrogens is 292 g/mol. The van der Waals surface area contributed by atoms with Crippen LogP contribution in [0.15, 0.2) is 36.4 Å². The monoisotopic (exact) mass is 322 g/mol. The van der Waals surface area contributed by atoms with Crippen molar-refractivity contribution in [3.63, 3.8) is 0 Å². The van der Waals surface area contributed by atoms with Gasteiger partial charge in [-0.1, -0.05) is 68.2 Å². The standard InChI is InChI=1S/C23H30O/c1-5-6-7-8-15-24-22-12-9-21(10-13-22)11-14-23-19(3)16-18(2)17-20(23)4/h9-14,16-17H,5-8,15H2,1-4H3/b14-11+. The molecule has 1 nitrogen and oxygen atoms in total. The second-order valence-corrected chi connectivity index (χ2v) is 6.62. The molecule has 128 valence electrons. The molecule has 1 heteroatoms. The zero-order valence-corrected chi connectivity index (χ0v) is 15.6. The summed E-state index contributed by atoms with van der Waals surface area (Å²) in [4.78, 5) is 0. The first-order chi connectivity index (χ1) is 11.6. The Balaban J connectivity index is 1.94. The number of aryl methyl sites for hydroxylation is 3. The average Bonchev–Trinajstić information content (AvgIpc) is 2.55. The highest BCUT2D eigenvalue weighted by Crippen LogP contribution is 2.20. The van der Waals surface area contributed by atoms with Crippen molar-refractivity contribution in [2.24, 2.45) is 0 Å². The molecule has 0 aromatic heterocycles. The highest BCUT2D eigenvalue weighted by Gasteiger charge is 2.00. The zero-order chi connectivity index (χ0) is 17.4. The van der Waals surface area contributed by atoms with Gasteiger partial charge in [0.2, 0.25) is 0 Å². The Bertz CT molecular complexity index is 642. The van der Waals surface area contributed by atoms with E-state index in [1.807, 2.05) is 0 Å². The molecule has 0 unspecified atom stereocenters. The van der Waals surface area contributed by atoms with Gasteiger partial charge >= 0.3 is 0 Å². The number of benzene rings is 2. The van der Waals surface area contributed by atoms with E-state index in [0.29, 0.717) is 0 Å². The summed E-state index contributed by atoms with van der Waals surface area (Å²) >= 11 is 0. The SMILES string of the molecule is CCCCCCOc1ccc(/C=C/c2c(C)cc(C)cc2C)cc1. The lowest BCUT2D eigenvalue weighted by atomic mass is 9.99. The number of hydrogen-bond acceptors (Lipinski definition) is 1. The van der Waals surface area contributed by atoms with Gasteiger partial charge in [-0.15, -0.1) is 0 Å². The fourth-order valence-electron chi connectivity index (χ4n) is 3.03. The number of hydrogen-bond donors (Lipinski definition) is 0. The zero-order valence-electron chi connectivity index (χ0n) is 15.6. The van der Waals surface area contributed by atoms with E-state index in [1.54, 1.807) is 0 Å². The van der Waals surface area contributed by atoms with Crippen LogP contribution in [-0.2, 0) is 0 Å². The Morgan fingerprint density at radius 1 is 0.833 bits per heavy atom. The predicted molar refractivity (Wildman–Crippen MR) is 106 cm³/mol. The van der Waals surface area contributed by atoms with Crippen molar-refractivity contribution in [2.75, 3.05) is 6.61 Å². The predicted octanol–water partition coefficient (Wildman–Crippen LogP) is 6.74. The first-order valence-electron chi connectivity index (χ1n) is 9.09. The van der Waals surface area contributed by atoms with E-state index < -0.39 is 0 Å². The van der Waals surface area contributed by atoms with Crippen LogP contribution < -0.4 is 4.74 Å². The molecule has 0 saturated heterocycles. The maximum atomic E-state index is 5.80. The van der Waals surface area contributed by atoms with E-state index >= 15 is 0 Å². The van der Waals surface area contributed by atoms with Crippen LogP contribution in [0.1, 0.15) is 60.4 Å². The summed E-state index contributed by atoms with van der Waals surface area (Å²) < 4.78 is 5.80. The third-order valence-electron chi connectivity index (χ3n) is 4.33. The fourth-order valence-corrected chi connectivity index (χ4v) is 3.03. The molecule has 0 spiro atoms. The highest BCUT2D eigenvalue weighted by atomic mass is 16.5. The third kappa shape index (κ3) is 5.56. The second kappa shape index (κ2) is 9.32. The largest absolute Gasteiger partial charge is 0.494 e. The molecule has 24 heavy (non-hydrogen) atoms. The summed E-state index contributed by atoms with van der Waals surface area (Å²) in [5, 5.41) is 0. The maximum absolute atomic E-state index is 5.80. The van der Waals surface area contributed by atoms with Crippen LogP contribution in [0.2, 0.25) is 0 Å². The Hall–Kier alpha value is -2.02. The molecule has 2 rings (SSSR count). The minimum atomic E-state index is 0.816. The smallest absolute Gasteiger partial charge is 0.119 e. The van der Waals surface area contributed by atoms with E-state index in [0.717, 1.165) is 18.8 Å². The van der Waals surface area contributed by atoms with Crippen molar-refractivity contribution in [3.8, 4) is 5.75 Å². The van der Waals surface area contributed by atoms with Crippen molar-refractivity contribution < 1.29 is 4.74 Å². The van der Waals surface area contributed by atoms with E-state index in [1.165, 1.54) is 47.1 Å². The first-order valence-corrected chi connectivity index (χ1v) is 9.09. The van der Waals surface area contributed by atoms with Crippen LogP contribution in [0.25, 0.3) is 12.2 Å². The highest BCUT2D eigenvalue weighted by molar-refractivity contribution is 5.73. The van der Waals surface area contributed by atoms with Crippen LogP contribution in [-0.4, -0.2) is 6.61 Å². The Labute approximate surface area is 147 Å². The lowest BCUT2D eigenvalue weighted by Crippen LogP contribution is -1.96. The normalized spacial score (nSPS) is 11.2. The molecule has 0 heterocycles. The molecule has 0 aliphatic heterocycles. The van der Waals surface area contributed by atoms with Gasteiger partial charge in [-0.3, -0.25) is 0 Å². The quantitative estimate of drug-likeness (QED) is 0.386. The Kier molecular flexibility index (Phi) is 7.11. The lowest BCUT2D eigenvalue weighted by Gasteiger charge is -2.08. The molecule has 0 radical (unpaired) electrons. The fraction of sp³-hybridized carbons (Fsp3) is 0.391. The van der Waals surface area contributed by atoms with Crippen LogP contribution in [0, 0.1) is 20.8 Å². The van der Waals surface area contributed by atoms with E-state index in [-0.39, 0.29) is 0 Å². The van der Waals surface area contributed by atoms with Gasteiger partial charge < -0.3 is 4.74 Å². The molecular formula is C23H30O. The van der Waals surface area contributed by atoms with Gasteiger partial charge in [0.1, 0.15) is 5.75 Å². The van der Waals surface area contributed by atoms with Gasteiger partial charge in [-0.2, -0.15) is 0 Å². The summed E-state index contributed by atoms with van der Waals surface area (Å²) in [6.07, 6.45) is 9.35. The summed E-state index contributed by atoms with van der Waals surface area (Å²) in [6, 6.07) is 12.8. The van der Waals surface area contributed by atoms with Gasteiger partial charge in [0.15, 0.2) is 0 Å². The summed E-state index contributed by atoms with van der Waals surface area (Å²) in [6.45, 7) is 9.54. The summed E-state index contributed by atoms with van der Waals surface area (Å²) in [5.41, 5.74) is 6.50. The van der Waals surface area contributed by atoms with E-state index in [2.05, 4.69) is 76.2 Å². The van der Waals surface area contributed by atoms with Crippen molar-refractivity contribution in [1.82, 2.24) is 0 Å². The van der Waals surface area contributed by atoms with Crippen molar-refractivity contribution in [1.29, 1.82) is 0 Å². The number of rotatable bonds is 8. The molecule has 0 atom stereocenters. The second-order valence-electron chi connectivity index (χ2n) is 6.62. The molecule has 0 aliphatic carbocycles. The topological polar surface area (TPSA) is 9.23 Å². The average molecular weight is 322 g/mol. The Morgan fingerprint density at radius 2 is 1.50 bits per heavy atom. The molecule has 2 aromatic carbocycles. The van der Waals surface area contributed by atoms with Gasteiger partial charge in [0.05, 0.1) is 6.61 Å². The minimum Gasteiger partial charge on any atom is -0.494 e. The molecule has 0 bridgehead atoms. The van der Waals surface area contributed by atoms with E-state index in [4.69, 9.17) is 4.74 Å². The van der Waals surface area contributed by atoms with Crippen LogP contribution in [0.3, 0.4) is 0 Å². The third-order valence-corrected chi connectivity index (χ3v) is 4.33. The summed E-state index contributed by atoms with van der Waals surface area (Å²) in [7, 11) is 0. The van der Waals surface area contributed by atoms with Crippen molar-refractivity contribution in [2.45, 2.75) is 53.4 Å². The van der Waals surface area contributed by atoms with Gasteiger partial charge in [-0.05, 0) is 61.6 Å². The molecule has 0 fully saturated rings. The molecule has 2 aromatic rings. The van der Waals surface area contributed by atoms with Gasteiger partial charge in [-0.25, -0.2) is 0 Å². The summed E-state index contributed by atoms with van der Waals surface area (Å²) in [5.74, 6) is 0.964.